The monoisotopic (exact) mass is 624 g/mol. The molecule has 232 valence electrons. The van der Waals surface area contributed by atoms with Crippen molar-refractivity contribution < 1.29 is 54.5 Å². The van der Waals surface area contributed by atoms with Crippen molar-refractivity contribution in [2.45, 2.75) is 80.1 Å². The maximum atomic E-state index is 13.9. The van der Waals surface area contributed by atoms with Crippen LogP contribution in [0.4, 0.5) is 32.0 Å². The summed E-state index contributed by atoms with van der Waals surface area (Å²) in [4.78, 5) is 12.8. The van der Waals surface area contributed by atoms with Gasteiger partial charge >= 0.3 is 12.4 Å². The zero-order chi connectivity index (χ0) is 31.3. The van der Waals surface area contributed by atoms with Gasteiger partial charge in [-0.05, 0) is 50.5 Å². The van der Waals surface area contributed by atoms with Crippen LogP contribution in [0.25, 0.3) is 0 Å². The molecule has 15 heteroatoms. The first-order valence-corrected chi connectivity index (χ1v) is 14.4. The number of nitrogens with zero attached hydrogens (tertiary/aromatic N) is 1. The third-order valence-corrected chi connectivity index (χ3v) is 9.64. The number of nitrogens with one attached hydrogen (secondary N) is 1. The molecule has 3 atom stereocenters. The molecule has 3 N–H and O–H groups in total. The number of sulfonamides is 1. The van der Waals surface area contributed by atoms with Crippen molar-refractivity contribution in [2.75, 3.05) is 17.5 Å². The lowest BCUT2D eigenvalue weighted by molar-refractivity contribution is -0.376. The fourth-order valence-electron chi connectivity index (χ4n) is 5.18. The highest BCUT2D eigenvalue weighted by molar-refractivity contribution is 7.92. The third kappa shape index (κ3) is 5.83. The van der Waals surface area contributed by atoms with Gasteiger partial charge in [0.2, 0.25) is 5.91 Å². The highest BCUT2D eigenvalue weighted by Gasteiger charge is 2.71. The lowest BCUT2D eigenvalue weighted by atomic mass is 9.87. The Kier molecular flexibility index (Phi) is 8.39. The summed E-state index contributed by atoms with van der Waals surface area (Å²) in [5, 5.41) is 23.1. The standard InChI is InChI=1S/C27H30F6N2O6S/c1-16-3-8-20(9-4-16)42(39,40)35-19(14-23(36)34-22-15-41-12-11-24(22,2)37)7-5-17-13-18(6-10-21(17)35)25(38,26(28,29)30)27(31,32)33/h3-4,6,8-10,13,19,22,37-38H,5,7,11-12,14-15H2,1-2H3,(H,34,36)/t19-,22?,24?/m0/s1. The van der Waals surface area contributed by atoms with Crippen LogP contribution in [-0.2, 0) is 31.6 Å². The summed E-state index contributed by atoms with van der Waals surface area (Å²) in [6.45, 7) is 3.53. The topological polar surface area (TPSA) is 116 Å². The average Bonchev–Trinajstić information content (AvgIpc) is 2.87. The molecular formula is C27H30F6N2O6S. The summed E-state index contributed by atoms with van der Waals surface area (Å²) >= 11 is 0. The van der Waals surface area contributed by atoms with Gasteiger partial charge in [-0.1, -0.05) is 29.8 Å². The van der Waals surface area contributed by atoms with Crippen molar-refractivity contribution in [3.05, 3.63) is 59.2 Å². The number of fused-ring (bicyclic) bond motifs is 1. The fourth-order valence-corrected chi connectivity index (χ4v) is 6.90. The van der Waals surface area contributed by atoms with Crippen molar-refractivity contribution in [3.8, 4) is 0 Å². The van der Waals surface area contributed by atoms with Crippen molar-refractivity contribution in [3.63, 3.8) is 0 Å². The second kappa shape index (κ2) is 11.0. The Bertz CT molecular complexity index is 1410. The number of amides is 1. The quantitative estimate of drug-likeness (QED) is 0.421. The Balaban J connectivity index is 1.76. The predicted octanol–water partition coefficient (Wildman–Crippen LogP) is 3.86. The summed E-state index contributed by atoms with van der Waals surface area (Å²) in [5.74, 6) is -0.636. The van der Waals surface area contributed by atoms with E-state index in [-0.39, 0.29) is 48.6 Å². The molecule has 0 bridgehead atoms. The SMILES string of the molecule is Cc1ccc(S(=O)(=O)N2c3ccc(C(O)(C(F)(F)F)C(F)(F)F)cc3CC[C@H]2CC(=O)NC2COCCC2(C)O)cc1. The van der Waals surface area contributed by atoms with Gasteiger partial charge in [-0.15, -0.1) is 0 Å². The maximum Gasteiger partial charge on any atom is 0.430 e. The number of benzene rings is 2. The van der Waals surface area contributed by atoms with Crippen LogP contribution in [0.1, 0.15) is 42.9 Å². The molecule has 2 heterocycles. The zero-order valence-corrected chi connectivity index (χ0v) is 23.4. The van der Waals surface area contributed by atoms with Gasteiger partial charge in [0, 0.05) is 25.0 Å². The third-order valence-electron chi connectivity index (χ3n) is 7.76. The molecule has 0 radical (unpaired) electrons. The molecule has 2 aromatic carbocycles. The lowest BCUT2D eigenvalue weighted by Crippen LogP contribution is -2.57. The Labute approximate surface area is 238 Å². The number of carbonyl (C=O) groups is 1. The number of aryl methyl sites for hydroxylation is 2. The van der Waals surface area contributed by atoms with Crippen LogP contribution in [0, 0.1) is 6.92 Å². The van der Waals surface area contributed by atoms with E-state index in [0.717, 1.165) is 15.9 Å². The molecule has 4 rings (SSSR count). The van der Waals surface area contributed by atoms with Crippen LogP contribution in [0.5, 0.6) is 0 Å². The molecule has 0 aromatic heterocycles. The maximum absolute atomic E-state index is 13.9. The number of ether oxygens (including phenoxy) is 1. The first kappa shape index (κ1) is 32.0. The van der Waals surface area contributed by atoms with Crippen LogP contribution < -0.4 is 9.62 Å². The minimum absolute atomic E-state index is 0.0156. The van der Waals surface area contributed by atoms with Gasteiger partial charge in [0.25, 0.3) is 15.6 Å². The molecule has 2 aromatic rings. The first-order valence-electron chi connectivity index (χ1n) is 13.0. The smallest absolute Gasteiger partial charge is 0.388 e. The van der Waals surface area contributed by atoms with Gasteiger partial charge in [0.15, 0.2) is 0 Å². The van der Waals surface area contributed by atoms with Crippen molar-refractivity contribution in [2.24, 2.45) is 0 Å². The number of hydrogen-bond donors (Lipinski definition) is 3. The van der Waals surface area contributed by atoms with Gasteiger partial charge in [-0.3, -0.25) is 9.10 Å². The van der Waals surface area contributed by atoms with E-state index in [1.54, 1.807) is 6.92 Å². The molecule has 2 aliphatic rings. The number of carbonyl (C=O) groups excluding carboxylic acids is 1. The highest BCUT2D eigenvalue weighted by atomic mass is 32.2. The van der Waals surface area contributed by atoms with E-state index in [1.165, 1.54) is 31.2 Å². The van der Waals surface area contributed by atoms with E-state index < -0.39 is 63.6 Å². The summed E-state index contributed by atoms with van der Waals surface area (Å²) in [7, 11) is -4.48. The zero-order valence-electron chi connectivity index (χ0n) is 22.6. The largest absolute Gasteiger partial charge is 0.430 e. The Morgan fingerprint density at radius 1 is 1.10 bits per heavy atom. The molecule has 0 saturated carbocycles. The van der Waals surface area contributed by atoms with E-state index in [9.17, 15) is 49.8 Å². The number of aliphatic hydroxyl groups is 2. The number of hydrogen-bond acceptors (Lipinski definition) is 6. The fraction of sp³-hybridized carbons (Fsp3) is 0.519. The number of rotatable bonds is 6. The molecular weight excluding hydrogens is 594 g/mol. The van der Waals surface area contributed by atoms with E-state index in [1.807, 2.05) is 0 Å². The van der Waals surface area contributed by atoms with Crippen LogP contribution in [-0.4, -0.2) is 67.8 Å². The number of anilines is 1. The van der Waals surface area contributed by atoms with Crippen molar-refractivity contribution in [1.29, 1.82) is 0 Å². The van der Waals surface area contributed by atoms with Crippen LogP contribution in [0.15, 0.2) is 47.4 Å². The second-order valence-electron chi connectivity index (χ2n) is 10.9. The van der Waals surface area contributed by atoms with Gasteiger partial charge in [-0.2, -0.15) is 26.3 Å². The first-order chi connectivity index (χ1) is 19.3. The van der Waals surface area contributed by atoms with E-state index >= 15 is 0 Å². The van der Waals surface area contributed by atoms with Crippen LogP contribution in [0.2, 0.25) is 0 Å². The molecule has 1 saturated heterocycles. The summed E-state index contributed by atoms with van der Waals surface area (Å²) in [6, 6.07) is 5.43. The minimum atomic E-state index is -6.12. The van der Waals surface area contributed by atoms with E-state index in [2.05, 4.69) is 5.32 Å². The van der Waals surface area contributed by atoms with Crippen LogP contribution >= 0.6 is 0 Å². The average molecular weight is 625 g/mol. The normalized spacial score (nSPS) is 23.8. The summed E-state index contributed by atoms with van der Waals surface area (Å²) in [6.07, 6.45) is -12.7. The van der Waals surface area contributed by atoms with Gasteiger partial charge in [0.05, 0.1) is 34.9 Å². The molecule has 0 spiro atoms. The van der Waals surface area contributed by atoms with Gasteiger partial charge < -0.3 is 20.3 Å². The Hall–Kier alpha value is -2.88. The van der Waals surface area contributed by atoms with E-state index in [4.69, 9.17) is 4.74 Å². The van der Waals surface area contributed by atoms with Crippen molar-refractivity contribution in [1.82, 2.24) is 5.32 Å². The number of alkyl halides is 6. The molecule has 1 fully saturated rings. The number of halogens is 6. The van der Waals surface area contributed by atoms with Crippen molar-refractivity contribution >= 4 is 21.6 Å². The van der Waals surface area contributed by atoms with Gasteiger partial charge in [-0.25, -0.2) is 8.42 Å². The molecule has 0 aliphatic carbocycles. The predicted molar refractivity (Wildman–Crippen MR) is 138 cm³/mol. The lowest BCUT2D eigenvalue weighted by Gasteiger charge is -2.40. The summed E-state index contributed by atoms with van der Waals surface area (Å²) < 4.78 is 115. The van der Waals surface area contributed by atoms with Gasteiger partial charge in [0.1, 0.15) is 0 Å². The molecule has 42 heavy (non-hydrogen) atoms. The molecule has 2 aliphatic heterocycles. The van der Waals surface area contributed by atoms with E-state index in [0.29, 0.717) is 12.1 Å². The summed E-state index contributed by atoms with van der Waals surface area (Å²) in [5.41, 5.74) is -7.66. The van der Waals surface area contributed by atoms with Crippen LogP contribution in [0.3, 0.4) is 0 Å². The Morgan fingerprint density at radius 2 is 1.71 bits per heavy atom. The second-order valence-corrected chi connectivity index (χ2v) is 12.7. The molecule has 8 nitrogen and oxygen atoms in total. The minimum Gasteiger partial charge on any atom is -0.388 e. The highest BCUT2D eigenvalue weighted by Crippen LogP contribution is 2.51. The molecule has 1 amide bonds. The molecule has 2 unspecified atom stereocenters. The Morgan fingerprint density at radius 3 is 2.29 bits per heavy atom.